The summed E-state index contributed by atoms with van der Waals surface area (Å²) in [6.07, 6.45) is 3.84. The molecule has 0 aromatic heterocycles. The maximum absolute atomic E-state index is 6.19. The molecule has 3 nitrogen and oxygen atoms in total. The number of hydrogen-bond donors (Lipinski definition) is 2. The molecule has 1 fully saturated rings. The minimum atomic E-state index is 0.0620. The molecule has 2 heterocycles. The lowest BCUT2D eigenvalue weighted by atomic mass is 9.93. The van der Waals surface area contributed by atoms with Gasteiger partial charge in [-0.25, -0.2) is 0 Å². The Hall–Kier alpha value is -0.770. The zero-order chi connectivity index (χ0) is 13.3. The minimum absolute atomic E-state index is 0.0620. The number of nitrogens with zero attached hydrogens (tertiary/aromatic N) is 1. The van der Waals surface area contributed by atoms with Gasteiger partial charge in [0.2, 0.25) is 0 Å². The van der Waals surface area contributed by atoms with Crippen molar-refractivity contribution >= 4 is 17.3 Å². The van der Waals surface area contributed by atoms with Crippen molar-refractivity contribution < 1.29 is 0 Å². The first kappa shape index (κ1) is 13.2. The Labute approximate surface area is 120 Å². The minimum Gasteiger partial charge on any atom is -0.369 e. The molecule has 1 aromatic carbocycles. The third kappa shape index (κ3) is 2.35. The summed E-state index contributed by atoms with van der Waals surface area (Å²) in [6, 6.07) is 6.32. The monoisotopic (exact) mass is 279 g/mol. The molecule has 4 heteroatoms. The standard InChI is InChI=1S/C15H22ClN3/c1-2-3-4-7-19-10-15(9-17-11-18-15)13-8-12(16)5-6-14(13)19/h5-6,8,17-18H,2-4,7,9-11H2,1H3. The summed E-state index contributed by atoms with van der Waals surface area (Å²) in [5.74, 6) is 0. The summed E-state index contributed by atoms with van der Waals surface area (Å²) in [5.41, 5.74) is 2.78. The third-order valence-corrected chi connectivity index (χ3v) is 4.52. The van der Waals surface area contributed by atoms with Gasteiger partial charge in [-0.3, -0.25) is 5.32 Å². The first-order valence-electron chi connectivity index (χ1n) is 7.26. The van der Waals surface area contributed by atoms with Gasteiger partial charge in [-0.1, -0.05) is 31.4 Å². The number of anilines is 1. The highest BCUT2D eigenvalue weighted by Gasteiger charge is 2.44. The average Bonchev–Trinajstić information content (AvgIpc) is 2.98. The summed E-state index contributed by atoms with van der Waals surface area (Å²) < 4.78 is 0. The highest BCUT2D eigenvalue weighted by Crippen LogP contribution is 2.41. The molecule has 3 rings (SSSR count). The van der Waals surface area contributed by atoms with E-state index >= 15 is 0 Å². The molecule has 1 atom stereocenters. The normalized spacial score (nSPS) is 25.3. The van der Waals surface area contributed by atoms with E-state index in [4.69, 9.17) is 11.6 Å². The fourth-order valence-electron chi connectivity index (χ4n) is 3.29. The quantitative estimate of drug-likeness (QED) is 0.830. The van der Waals surface area contributed by atoms with Crippen LogP contribution in [-0.2, 0) is 5.54 Å². The zero-order valence-corrected chi connectivity index (χ0v) is 12.3. The molecule has 1 unspecified atom stereocenters. The Kier molecular flexibility index (Phi) is 3.70. The average molecular weight is 280 g/mol. The first-order chi connectivity index (χ1) is 9.25. The van der Waals surface area contributed by atoms with Crippen LogP contribution in [0.1, 0.15) is 31.7 Å². The number of benzene rings is 1. The van der Waals surface area contributed by atoms with E-state index in [0.717, 1.165) is 31.3 Å². The molecule has 104 valence electrons. The second kappa shape index (κ2) is 5.31. The summed E-state index contributed by atoms with van der Waals surface area (Å²) in [4.78, 5) is 2.52. The van der Waals surface area contributed by atoms with Crippen LogP contribution in [-0.4, -0.2) is 26.3 Å². The summed E-state index contributed by atoms with van der Waals surface area (Å²) in [6.45, 7) is 6.33. The fourth-order valence-corrected chi connectivity index (χ4v) is 3.46. The van der Waals surface area contributed by atoms with Crippen LogP contribution >= 0.6 is 11.6 Å². The van der Waals surface area contributed by atoms with Crippen molar-refractivity contribution in [2.24, 2.45) is 0 Å². The van der Waals surface area contributed by atoms with E-state index in [9.17, 15) is 0 Å². The Balaban J connectivity index is 1.87. The molecule has 2 N–H and O–H groups in total. The fraction of sp³-hybridized carbons (Fsp3) is 0.600. The van der Waals surface area contributed by atoms with Gasteiger partial charge in [-0.15, -0.1) is 0 Å². The topological polar surface area (TPSA) is 27.3 Å². The van der Waals surface area contributed by atoms with Crippen LogP contribution in [0.5, 0.6) is 0 Å². The van der Waals surface area contributed by atoms with E-state index < -0.39 is 0 Å². The molecule has 2 aliphatic rings. The van der Waals surface area contributed by atoms with E-state index in [1.807, 2.05) is 6.07 Å². The number of rotatable bonds is 4. The van der Waals surface area contributed by atoms with E-state index in [0.29, 0.717) is 0 Å². The van der Waals surface area contributed by atoms with Crippen molar-refractivity contribution in [3.05, 3.63) is 28.8 Å². The predicted molar refractivity (Wildman–Crippen MR) is 80.9 cm³/mol. The number of halogens is 1. The van der Waals surface area contributed by atoms with Crippen LogP contribution < -0.4 is 15.5 Å². The van der Waals surface area contributed by atoms with Crippen molar-refractivity contribution in [2.75, 3.05) is 31.2 Å². The predicted octanol–water partition coefficient (Wildman–Crippen LogP) is 2.70. The highest BCUT2D eigenvalue weighted by molar-refractivity contribution is 6.30. The van der Waals surface area contributed by atoms with Gasteiger partial charge in [0.05, 0.1) is 5.54 Å². The lowest BCUT2D eigenvalue weighted by molar-refractivity contribution is 0.438. The van der Waals surface area contributed by atoms with Gasteiger partial charge >= 0.3 is 0 Å². The highest BCUT2D eigenvalue weighted by atomic mass is 35.5. The lowest BCUT2D eigenvalue weighted by Crippen LogP contribution is -2.44. The van der Waals surface area contributed by atoms with Gasteiger partial charge in [0.25, 0.3) is 0 Å². The van der Waals surface area contributed by atoms with Crippen molar-refractivity contribution in [3.63, 3.8) is 0 Å². The van der Waals surface area contributed by atoms with Crippen LogP contribution in [0.3, 0.4) is 0 Å². The molecule has 0 amide bonds. The molecule has 1 aromatic rings. The van der Waals surface area contributed by atoms with Crippen LogP contribution in [0.2, 0.25) is 5.02 Å². The molecule has 2 aliphatic heterocycles. The summed E-state index contributed by atoms with van der Waals surface area (Å²) in [7, 11) is 0. The first-order valence-corrected chi connectivity index (χ1v) is 7.64. The van der Waals surface area contributed by atoms with Gasteiger partial charge in [0.15, 0.2) is 0 Å². The largest absolute Gasteiger partial charge is 0.369 e. The van der Waals surface area contributed by atoms with E-state index in [1.54, 1.807) is 0 Å². The van der Waals surface area contributed by atoms with E-state index in [1.165, 1.54) is 30.5 Å². The summed E-state index contributed by atoms with van der Waals surface area (Å²) >= 11 is 6.19. The van der Waals surface area contributed by atoms with Gasteiger partial charge in [0.1, 0.15) is 0 Å². The van der Waals surface area contributed by atoms with E-state index in [2.05, 4.69) is 34.6 Å². The van der Waals surface area contributed by atoms with Gasteiger partial charge in [0, 0.05) is 42.6 Å². The Morgan fingerprint density at radius 1 is 1.37 bits per heavy atom. The maximum atomic E-state index is 6.19. The second-order valence-corrected chi connectivity index (χ2v) is 6.09. The molecule has 19 heavy (non-hydrogen) atoms. The molecular formula is C15H22ClN3. The number of hydrogen-bond acceptors (Lipinski definition) is 3. The smallest absolute Gasteiger partial charge is 0.0769 e. The van der Waals surface area contributed by atoms with Gasteiger partial charge in [-0.2, -0.15) is 0 Å². The molecule has 0 radical (unpaired) electrons. The maximum Gasteiger partial charge on any atom is 0.0769 e. The van der Waals surface area contributed by atoms with Crippen LogP contribution in [0.4, 0.5) is 5.69 Å². The molecule has 1 saturated heterocycles. The third-order valence-electron chi connectivity index (χ3n) is 4.29. The van der Waals surface area contributed by atoms with Crippen LogP contribution in [0.15, 0.2) is 18.2 Å². The molecule has 1 spiro atoms. The van der Waals surface area contributed by atoms with Crippen molar-refractivity contribution in [1.29, 1.82) is 0 Å². The second-order valence-electron chi connectivity index (χ2n) is 5.65. The zero-order valence-electron chi connectivity index (χ0n) is 11.5. The van der Waals surface area contributed by atoms with Crippen LogP contribution in [0.25, 0.3) is 0 Å². The Morgan fingerprint density at radius 2 is 2.26 bits per heavy atom. The molecular weight excluding hydrogens is 258 g/mol. The number of nitrogens with one attached hydrogen (secondary N) is 2. The summed E-state index contributed by atoms with van der Waals surface area (Å²) in [5, 5.41) is 7.88. The lowest BCUT2D eigenvalue weighted by Gasteiger charge is -2.25. The number of fused-ring (bicyclic) bond motifs is 2. The van der Waals surface area contributed by atoms with Crippen molar-refractivity contribution in [3.8, 4) is 0 Å². The molecule has 0 saturated carbocycles. The number of unbranched alkanes of at least 4 members (excludes halogenated alkanes) is 2. The Bertz CT molecular complexity index is 455. The Morgan fingerprint density at radius 3 is 3.00 bits per heavy atom. The molecule has 0 bridgehead atoms. The molecule has 0 aliphatic carbocycles. The SMILES string of the molecule is CCCCCN1CC2(CNCN2)c2cc(Cl)ccc21. The van der Waals surface area contributed by atoms with Gasteiger partial charge < -0.3 is 10.2 Å². The van der Waals surface area contributed by atoms with E-state index in [-0.39, 0.29) is 5.54 Å². The van der Waals surface area contributed by atoms with Gasteiger partial charge in [-0.05, 0) is 24.6 Å². The van der Waals surface area contributed by atoms with Crippen molar-refractivity contribution in [2.45, 2.75) is 31.7 Å². The van der Waals surface area contributed by atoms with Crippen molar-refractivity contribution in [1.82, 2.24) is 10.6 Å². The van der Waals surface area contributed by atoms with Crippen LogP contribution in [0, 0.1) is 0 Å².